The molecule has 86 valence electrons. The Morgan fingerprint density at radius 3 is 2.44 bits per heavy atom. The van der Waals surface area contributed by atoms with Crippen LogP contribution >= 0.6 is 0 Å². The van der Waals surface area contributed by atoms with E-state index < -0.39 is 0 Å². The van der Waals surface area contributed by atoms with E-state index in [1.54, 1.807) is 0 Å². The van der Waals surface area contributed by atoms with Gasteiger partial charge < -0.3 is 4.57 Å². The summed E-state index contributed by atoms with van der Waals surface area (Å²) >= 11 is 0. The Balaban J connectivity index is 2.72. The quantitative estimate of drug-likeness (QED) is 0.706. The van der Waals surface area contributed by atoms with Crippen LogP contribution in [0.2, 0.25) is 0 Å². The van der Waals surface area contributed by atoms with Crippen molar-refractivity contribution in [3.05, 3.63) is 30.1 Å². The monoisotopic (exact) mass is 216 g/mol. The Kier molecular flexibility index (Phi) is 2.53. The molecule has 0 saturated carbocycles. The Labute approximate surface area is 97.3 Å². The van der Waals surface area contributed by atoms with Crippen LogP contribution in [0.15, 0.2) is 24.5 Å². The normalized spacial score (nSPS) is 12.6. The Hall–Kier alpha value is -1.31. The van der Waals surface area contributed by atoms with Gasteiger partial charge in [-0.2, -0.15) is 0 Å². The van der Waals surface area contributed by atoms with Crippen molar-refractivity contribution in [3.63, 3.8) is 0 Å². The zero-order valence-corrected chi connectivity index (χ0v) is 10.8. The van der Waals surface area contributed by atoms with Crippen molar-refractivity contribution in [2.45, 2.75) is 46.1 Å². The molecule has 2 aromatic rings. The van der Waals surface area contributed by atoms with Crippen LogP contribution < -0.4 is 0 Å². The molecular formula is C14H20N2. The van der Waals surface area contributed by atoms with Gasteiger partial charge in [0.15, 0.2) is 0 Å². The van der Waals surface area contributed by atoms with E-state index in [1.807, 2.05) is 6.20 Å². The fourth-order valence-corrected chi connectivity index (χ4v) is 2.13. The third kappa shape index (κ3) is 1.73. The lowest BCUT2D eigenvalue weighted by molar-refractivity contribution is 0.593. The molecule has 0 aliphatic heterocycles. The molecule has 0 atom stereocenters. The molecule has 0 N–H and O–H groups in total. The molecule has 16 heavy (non-hydrogen) atoms. The first-order valence-corrected chi connectivity index (χ1v) is 5.87. The Bertz CT molecular complexity index is 501. The van der Waals surface area contributed by atoms with E-state index in [0.29, 0.717) is 6.04 Å². The summed E-state index contributed by atoms with van der Waals surface area (Å²) in [5.74, 6) is 0. The van der Waals surface area contributed by atoms with Crippen LogP contribution in [-0.2, 0) is 5.41 Å². The van der Waals surface area contributed by atoms with Crippen LogP contribution in [0, 0.1) is 0 Å². The van der Waals surface area contributed by atoms with Crippen molar-refractivity contribution < 1.29 is 0 Å². The molecule has 0 aliphatic rings. The fourth-order valence-electron chi connectivity index (χ4n) is 2.13. The highest BCUT2D eigenvalue weighted by atomic mass is 15.0. The Morgan fingerprint density at radius 1 is 1.19 bits per heavy atom. The van der Waals surface area contributed by atoms with E-state index in [-0.39, 0.29) is 5.41 Å². The van der Waals surface area contributed by atoms with Crippen LogP contribution in [0.5, 0.6) is 0 Å². The number of fused-ring (bicyclic) bond motifs is 1. The largest absolute Gasteiger partial charge is 0.330 e. The van der Waals surface area contributed by atoms with Crippen LogP contribution in [-0.4, -0.2) is 9.55 Å². The molecule has 2 aromatic heterocycles. The minimum Gasteiger partial charge on any atom is -0.330 e. The summed E-state index contributed by atoms with van der Waals surface area (Å²) in [5, 5.41) is 1.28. The SMILES string of the molecule is CC(C)n1ccc2c(C(C)(C)C)ccnc21. The molecule has 2 heteroatoms. The average molecular weight is 216 g/mol. The predicted molar refractivity (Wildman–Crippen MR) is 68.8 cm³/mol. The van der Waals surface area contributed by atoms with Gasteiger partial charge in [0, 0.05) is 23.8 Å². The van der Waals surface area contributed by atoms with Crippen molar-refractivity contribution in [1.29, 1.82) is 0 Å². The third-order valence-corrected chi connectivity index (χ3v) is 2.98. The van der Waals surface area contributed by atoms with Gasteiger partial charge in [0.2, 0.25) is 0 Å². The molecule has 0 aliphatic carbocycles. The smallest absolute Gasteiger partial charge is 0.140 e. The molecule has 0 aromatic carbocycles. The lowest BCUT2D eigenvalue weighted by atomic mass is 9.86. The van der Waals surface area contributed by atoms with Gasteiger partial charge in [-0.05, 0) is 37.0 Å². The first-order chi connectivity index (χ1) is 7.41. The van der Waals surface area contributed by atoms with E-state index in [4.69, 9.17) is 0 Å². The van der Waals surface area contributed by atoms with Crippen LogP contribution in [0.3, 0.4) is 0 Å². The molecule has 2 heterocycles. The molecule has 0 spiro atoms. The lowest BCUT2D eigenvalue weighted by Crippen LogP contribution is -2.12. The number of nitrogens with zero attached hydrogens (tertiary/aromatic N) is 2. The summed E-state index contributed by atoms with van der Waals surface area (Å²) in [6.07, 6.45) is 4.05. The van der Waals surface area contributed by atoms with Gasteiger partial charge in [0.1, 0.15) is 5.65 Å². The summed E-state index contributed by atoms with van der Waals surface area (Å²) < 4.78 is 2.23. The van der Waals surface area contributed by atoms with E-state index in [9.17, 15) is 0 Å². The lowest BCUT2D eigenvalue weighted by Gasteiger charge is -2.20. The number of pyridine rings is 1. The van der Waals surface area contributed by atoms with Gasteiger partial charge in [0.05, 0.1) is 0 Å². The first-order valence-electron chi connectivity index (χ1n) is 5.87. The summed E-state index contributed by atoms with van der Waals surface area (Å²) in [5.41, 5.74) is 2.64. The zero-order valence-electron chi connectivity index (χ0n) is 10.8. The van der Waals surface area contributed by atoms with Crippen molar-refractivity contribution in [1.82, 2.24) is 9.55 Å². The van der Waals surface area contributed by atoms with E-state index in [1.165, 1.54) is 10.9 Å². The second kappa shape index (κ2) is 3.62. The standard InChI is InChI=1S/C14H20N2/c1-10(2)16-9-7-11-12(14(3,4)5)6-8-15-13(11)16/h6-10H,1-5H3. The molecule has 0 amide bonds. The maximum Gasteiger partial charge on any atom is 0.140 e. The molecule has 0 unspecified atom stereocenters. The molecule has 0 fully saturated rings. The van der Waals surface area contributed by atoms with Crippen LogP contribution in [0.1, 0.15) is 46.2 Å². The molecule has 0 bridgehead atoms. The minimum atomic E-state index is 0.171. The number of aromatic nitrogens is 2. The molecule has 0 radical (unpaired) electrons. The van der Waals surface area contributed by atoms with Gasteiger partial charge in [0.25, 0.3) is 0 Å². The molecule has 2 rings (SSSR count). The number of rotatable bonds is 1. The summed E-state index contributed by atoms with van der Waals surface area (Å²) in [6, 6.07) is 4.77. The topological polar surface area (TPSA) is 17.8 Å². The summed E-state index contributed by atoms with van der Waals surface area (Å²) in [7, 11) is 0. The predicted octanol–water partition coefficient (Wildman–Crippen LogP) is 3.91. The van der Waals surface area contributed by atoms with Crippen LogP contribution in [0.4, 0.5) is 0 Å². The second-order valence-electron chi connectivity index (χ2n) is 5.66. The summed E-state index contributed by atoms with van der Waals surface area (Å²) in [6.45, 7) is 11.1. The molecular weight excluding hydrogens is 196 g/mol. The highest BCUT2D eigenvalue weighted by Gasteiger charge is 2.18. The maximum absolute atomic E-state index is 4.50. The fraction of sp³-hybridized carbons (Fsp3) is 0.500. The minimum absolute atomic E-state index is 0.171. The first kappa shape index (κ1) is 11.2. The second-order valence-corrected chi connectivity index (χ2v) is 5.66. The number of hydrogen-bond acceptors (Lipinski definition) is 1. The maximum atomic E-state index is 4.50. The third-order valence-electron chi connectivity index (χ3n) is 2.98. The van der Waals surface area contributed by atoms with Gasteiger partial charge in [-0.3, -0.25) is 0 Å². The van der Waals surface area contributed by atoms with Crippen LogP contribution in [0.25, 0.3) is 11.0 Å². The number of hydrogen-bond donors (Lipinski definition) is 0. The van der Waals surface area contributed by atoms with E-state index in [0.717, 1.165) is 5.65 Å². The highest BCUT2D eigenvalue weighted by Crippen LogP contribution is 2.30. The van der Waals surface area contributed by atoms with E-state index in [2.05, 4.69) is 62.5 Å². The van der Waals surface area contributed by atoms with Crippen molar-refractivity contribution >= 4 is 11.0 Å². The van der Waals surface area contributed by atoms with Crippen molar-refractivity contribution in [2.24, 2.45) is 0 Å². The van der Waals surface area contributed by atoms with E-state index >= 15 is 0 Å². The van der Waals surface area contributed by atoms with Gasteiger partial charge >= 0.3 is 0 Å². The van der Waals surface area contributed by atoms with Gasteiger partial charge in [-0.25, -0.2) is 4.98 Å². The molecule has 2 nitrogen and oxygen atoms in total. The van der Waals surface area contributed by atoms with Gasteiger partial charge in [-0.15, -0.1) is 0 Å². The zero-order chi connectivity index (χ0) is 11.9. The molecule has 0 saturated heterocycles. The highest BCUT2D eigenvalue weighted by molar-refractivity contribution is 5.81. The average Bonchev–Trinajstić information content (AvgIpc) is 2.58. The van der Waals surface area contributed by atoms with Crippen molar-refractivity contribution in [3.8, 4) is 0 Å². The Morgan fingerprint density at radius 2 is 1.88 bits per heavy atom. The van der Waals surface area contributed by atoms with Gasteiger partial charge in [-0.1, -0.05) is 20.8 Å². The van der Waals surface area contributed by atoms with Crippen molar-refractivity contribution in [2.75, 3.05) is 0 Å². The summed E-state index contributed by atoms with van der Waals surface area (Å²) in [4.78, 5) is 4.50.